The van der Waals surface area contributed by atoms with E-state index < -0.39 is 18.2 Å². The van der Waals surface area contributed by atoms with Gasteiger partial charge in [-0.2, -0.15) is 10.1 Å². The molecule has 6 nitrogen and oxygen atoms in total. The minimum Gasteiger partial charge on any atom is -0.481 e. The lowest BCUT2D eigenvalue weighted by Gasteiger charge is -2.06. The van der Waals surface area contributed by atoms with Gasteiger partial charge in [0.25, 0.3) is 0 Å². The lowest BCUT2D eigenvalue weighted by Crippen LogP contribution is -2.17. The van der Waals surface area contributed by atoms with Gasteiger partial charge in [-0.25, -0.2) is 0 Å². The molecular weight excluding hydrogens is 255 g/mol. The van der Waals surface area contributed by atoms with E-state index in [1.165, 1.54) is 6.07 Å². The maximum absolute atomic E-state index is 12.0. The number of fused-ring (bicyclic) bond motifs is 1. The molecule has 0 aliphatic carbocycles. The fourth-order valence-corrected chi connectivity index (χ4v) is 1.39. The van der Waals surface area contributed by atoms with Crippen molar-refractivity contribution in [2.24, 2.45) is 0 Å². The maximum atomic E-state index is 12.0. The number of aromatic nitrogens is 3. The highest BCUT2D eigenvalue weighted by molar-refractivity contribution is 5.82. The lowest BCUT2D eigenvalue weighted by atomic mass is 10.2. The molecule has 2 N–H and O–H groups in total. The minimum absolute atomic E-state index is 0.0343. The number of nitrogens with zero attached hydrogens (tertiary/aromatic N) is 2. The molecule has 0 atom stereocenters. The Labute approximate surface area is 97.4 Å². The standard InChI is InChI=1S/C9H6F3N3O3/c10-9(11,12)18-6-2-1-4-5(3-7(16)17)14-15-8(4)13-6/h1-2H,3H2,(H,16,17)(H,13,14,15). The first-order chi connectivity index (χ1) is 8.35. The molecule has 2 heterocycles. The van der Waals surface area contributed by atoms with E-state index in [1.807, 2.05) is 0 Å². The van der Waals surface area contributed by atoms with Gasteiger partial charge in [-0.3, -0.25) is 9.89 Å². The van der Waals surface area contributed by atoms with Crippen LogP contribution in [0.25, 0.3) is 11.0 Å². The Morgan fingerprint density at radius 2 is 2.17 bits per heavy atom. The van der Waals surface area contributed by atoms with Crippen molar-refractivity contribution < 1.29 is 27.8 Å². The summed E-state index contributed by atoms with van der Waals surface area (Å²) in [4.78, 5) is 14.0. The molecule has 0 unspecified atom stereocenters. The maximum Gasteiger partial charge on any atom is 0.574 e. The van der Waals surface area contributed by atoms with Crippen LogP contribution in [-0.4, -0.2) is 32.6 Å². The highest BCUT2D eigenvalue weighted by atomic mass is 19.4. The minimum atomic E-state index is -4.83. The number of aliphatic carboxylic acids is 1. The van der Waals surface area contributed by atoms with Crippen LogP contribution >= 0.6 is 0 Å². The van der Waals surface area contributed by atoms with Gasteiger partial charge in [0.15, 0.2) is 5.65 Å². The number of aromatic amines is 1. The molecule has 0 aromatic carbocycles. The number of carbonyl (C=O) groups is 1. The summed E-state index contributed by atoms with van der Waals surface area (Å²) >= 11 is 0. The lowest BCUT2D eigenvalue weighted by molar-refractivity contribution is -0.276. The molecule has 0 bridgehead atoms. The van der Waals surface area contributed by atoms with Crippen LogP contribution in [0.15, 0.2) is 12.1 Å². The zero-order chi connectivity index (χ0) is 13.3. The van der Waals surface area contributed by atoms with Gasteiger partial charge >= 0.3 is 12.3 Å². The molecule has 0 aliphatic heterocycles. The molecule has 0 fully saturated rings. The topological polar surface area (TPSA) is 88.1 Å². The molecule has 0 spiro atoms. The van der Waals surface area contributed by atoms with E-state index in [4.69, 9.17) is 5.11 Å². The van der Waals surface area contributed by atoms with Crippen LogP contribution in [0.5, 0.6) is 5.88 Å². The number of carboxylic acids is 1. The molecule has 2 aromatic rings. The van der Waals surface area contributed by atoms with E-state index in [0.717, 1.165) is 6.07 Å². The summed E-state index contributed by atoms with van der Waals surface area (Å²) in [5, 5.41) is 15.0. The van der Waals surface area contributed by atoms with Crippen LogP contribution in [-0.2, 0) is 11.2 Å². The SMILES string of the molecule is O=C(O)Cc1[nH]nc2nc(OC(F)(F)F)ccc12. The molecule has 0 amide bonds. The number of alkyl halides is 3. The second-order valence-electron chi connectivity index (χ2n) is 3.34. The summed E-state index contributed by atoms with van der Waals surface area (Å²) in [5.41, 5.74) is 0.233. The molecule has 0 saturated carbocycles. The number of pyridine rings is 1. The summed E-state index contributed by atoms with van der Waals surface area (Å²) in [7, 11) is 0. The van der Waals surface area contributed by atoms with Gasteiger partial charge < -0.3 is 9.84 Å². The second-order valence-corrected chi connectivity index (χ2v) is 3.34. The van der Waals surface area contributed by atoms with Gasteiger partial charge in [0.1, 0.15) is 0 Å². The van der Waals surface area contributed by atoms with Crippen molar-refractivity contribution >= 4 is 17.0 Å². The van der Waals surface area contributed by atoms with Crippen LogP contribution in [0.1, 0.15) is 5.69 Å². The quantitative estimate of drug-likeness (QED) is 0.873. The normalized spacial score (nSPS) is 11.7. The van der Waals surface area contributed by atoms with Crippen molar-refractivity contribution in [3.63, 3.8) is 0 Å². The molecule has 9 heteroatoms. The van der Waals surface area contributed by atoms with Crippen LogP contribution in [0.2, 0.25) is 0 Å². The fraction of sp³-hybridized carbons (Fsp3) is 0.222. The Hall–Kier alpha value is -2.32. The number of halogens is 3. The third kappa shape index (κ3) is 2.67. The van der Waals surface area contributed by atoms with Crippen LogP contribution < -0.4 is 4.74 Å². The van der Waals surface area contributed by atoms with Gasteiger partial charge in [0.2, 0.25) is 5.88 Å². The number of hydrogen-bond acceptors (Lipinski definition) is 4. The zero-order valence-electron chi connectivity index (χ0n) is 8.65. The summed E-state index contributed by atoms with van der Waals surface area (Å²) in [5.74, 6) is -1.74. The Bertz CT molecular complexity index is 593. The highest BCUT2D eigenvalue weighted by Gasteiger charge is 2.32. The Morgan fingerprint density at radius 1 is 1.44 bits per heavy atom. The summed E-state index contributed by atoms with van der Waals surface area (Å²) < 4.78 is 39.5. The van der Waals surface area contributed by atoms with E-state index in [0.29, 0.717) is 5.39 Å². The van der Waals surface area contributed by atoms with Gasteiger partial charge in [-0.1, -0.05) is 0 Å². The van der Waals surface area contributed by atoms with Crippen LogP contribution in [0.3, 0.4) is 0 Å². The van der Waals surface area contributed by atoms with Crippen molar-refractivity contribution in [2.45, 2.75) is 12.8 Å². The first-order valence-corrected chi connectivity index (χ1v) is 4.67. The third-order valence-electron chi connectivity index (χ3n) is 2.02. The molecular formula is C9H6F3N3O3. The van der Waals surface area contributed by atoms with Gasteiger partial charge in [0, 0.05) is 11.5 Å². The molecule has 0 saturated heterocycles. The number of carboxylic acid groups (broad SMARTS) is 1. The number of rotatable bonds is 3. The molecule has 2 aromatic heterocycles. The Morgan fingerprint density at radius 3 is 2.78 bits per heavy atom. The van der Waals surface area contributed by atoms with Gasteiger partial charge in [-0.15, -0.1) is 13.2 Å². The monoisotopic (exact) mass is 261 g/mol. The summed E-state index contributed by atoms with van der Waals surface area (Å²) in [6.45, 7) is 0. The van der Waals surface area contributed by atoms with E-state index in [9.17, 15) is 18.0 Å². The molecule has 0 radical (unpaired) electrons. The number of ether oxygens (including phenoxy) is 1. The first kappa shape index (κ1) is 12.1. The highest BCUT2D eigenvalue weighted by Crippen LogP contribution is 2.23. The average Bonchev–Trinajstić information content (AvgIpc) is 2.57. The predicted octanol–water partition coefficient (Wildman–Crippen LogP) is 1.48. The van der Waals surface area contributed by atoms with Gasteiger partial charge in [-0.05, 0) is 6.07 Å². The Kier molecular flexibility index (Phi) is 2.81. The van der Waals surface area contributed by atoms with Crippen molar-refractivity contribution in [2.75, 3.05) is 0 Å². The number of H-pyrrole nitrogens is 1. The van der Waals surface area contributed by atoms with Gasteiger partial charge in [0.05, 0.1) is 12.1 Å². The fourth-order valence-electron chi connectivity index (χ4n) is 1.39. The smallest absolute Gasteiger partial charge is 0.481 e. The number of hydrogen-bond donors (Lipinski definition) is 2. The van der Waals surface area contributed by atoms with Crippen molar-refractivity contribution in [3.8, 4) is 5.88 Å². The number of nitrogens with one attached hydrogen (secondary N) is 1. The summed E-state index contributed by atoms with van der Waals surface area (Å²) in [6, 6.07) is 2.27. The molecule has 18 heavy (non-hydrogen) atoms. The predicted molar refractivity (Wildman–Crippen MR) is 51.9 cm³/mol. The van der Waals surface area contributed by atoms with Crippen LogP contribution in [0, 0.1) is 0 Å². The van der Waals surface area contributed by atoms with Crippen LogP contribution in [0.4, 0.5) is 13.2 Å². The Balaban J connectivity index is 2.33. The summed E-state index contributed by atoms with van der Waals surface area (Å²) in [6.07, 6.45) is -5.15. The first-order valence-electron chi connectivity index (χ1n) is 4.67. The zero-order valence-corrected chi connectivity index (χ0v) is 8.65. The molecule has 2 rings (SSSR count). The molecule has 0 aliphatic rings. The van der Waals surface area contributed by atoms with E-state index in [-0.39, 0.29) is 17.8 Å². The van der Waals surface area contributed by atoms with Crippen molar-refractivity contribution in [3.05, 3.63) is 17.8 Å². The molecule has 96 valence electrons. The average molecular weight is 261 g/mol. The van der Waals surface area contributed by atoms with E-state index in [2.05, 4.69) is 19.9 Å². The van der Waals surface area contributed by atoms with E-state index >= 15 is 0 Å². The van der Waals surface area contributed by atoms with E-state index in [1.54, 1.807) is 0 Å². The third-order valence-corrected chi connectivity index (χ3v) is 2.02. The van der Waals surface area contributed by atoms with Crippen molar-refractivity contribution in [1.29, 1.82) is 0 Å². The van der Waals surface area contributed by atoms with Crippen molar-refractivity contribution in [1.82, 2.24) is 15.2 Å². The second kappa shape index (κ2) is 4.17. The largest absolute Gasteiger partial charge is 0.574 e.